The van der Waals surface area contributed by atoms with Crippen molar-refractivity contribution in [1.82, 2.24) is 10.6 Å². The molecule has 0 radical (unpaired) electrons. The number of carbonyl (C=O) groups is 2. The molecule has 0 heterocycles. The summed E-state index contributed by atoms with van der Waals surface area (Å²) in [7, 11) is -7.15. The van der Waals surface area contributed by atoms with Gasteiger partial charge in [-0.05, 0) is 24.3 Å². The molecule has 10 nitrogen and oxygen atoms in total. The van der Waals surface area contributed by atoms with Crippen LogP contribution in [0.4, 0.5) is 9.59 Å². The maximum Gasteiger partial charge on any atom is 0.408 e. The Morgan fingerprint density at radius 1 is 0.645 bits per heavy atom. The predicted octanol–water partition coefficient (Wildman–Crippen LogP) is 1.34. The second-order valence-electron chi connectivity index (χ2n) is 6.07. The Morgan fingerprint density at radius 3 is 1.35 bits per heavy atom. The van der Waals surface area contributed by atoms with Crippen molar-refractivity contribution < 1.29 is 35.9 Å². The van der Waals surface area contributed by atoms with Gasteiger partial charge in [0.2, 0.25) is 0 Å². The molecule has 2 N–H and O–H groups in total. The normalized spacial score (nSPS) is 11.4. The van der Waals surface area contributed by atoms with Gasteiger partial charge < -0.3 is 20.1 Å². The number of sulfone groups is 2. The van der Waals surface area contributed by atoms with E-state index in [9.17, 15) is 26.4 Å². The monoisotopic (exact) mass is 470 g/mol. The van der Waals surface area contributed by atoms with Crippen LogP contribution in [0, 0.1) is 0 Å². The highest BCUT2D eigenvalue weighted by Gasteiger charge is 2.16. The van der Waals surface area contributed by atoms with Crippen molar-refractivity contribution in [3.05, 3.63) is 60.7 Å². The number of benzene rings is 2. The quantitative estimate of drug-likeness (QED) is 0.495. The molecule has 168 valence electrons. The molecule has 2 aromatic carbocycles. The van der Waals surface area contributed by atoms with Gasteiger partial charge in [0, 0.05) is 0 Å². The summed E-state index contributed by atoms with van der Waals surface area (Å²) in [6.45, 7) is -1.09. The number of hydrogen-bond donors (Lipinski definition) is 2. The SMILES string of the molecule is O=C(NCNC(=O)OCCS(=O)(=O)c1ccccc1)OCCS(=O)(=O)c1ccccc1. The van der Waals surface area contributed by atoms with Crippen LogP contribution in [0.3, 0.4) is 0 Å². The number of amides is 2. The Kier molecular flexibility index (Phi) is 8.82. The zero-order chi connectivity index (χ0) is 22.7. The summed E-state index contributed by atoms with van der Waals surface area (Å²) >= 11 is 0. The molecule has 2 rings (SSSR count). The molecule has 0 fully saturated rings. The van der Waals surface area contributed by atoms with Gasteiger partial charge in [-0.2, -0.15) is 0 Å². The Morgan fingerprint density at radius 2 is 1.00 bits per heavy atom. The zero-order valence-corrected chi connectivity index (χ0v) is 18.0. The van der Waals surface area contributed by atoms with Crippen LogP contribution in [0.5, 0.6) is 0 Å². The van der Waals surface area contributed by atoms with Crippen LogP contribution >= 0.6 is 0 Å². The van der Waals surface area contributed by atoms with Crippen molar-refractivity contribution in [1.29, 1.82) is 0 Å². The number of carbonyl (C=O) groups excluding carboxylic acids is 2. The van der Waals surface area contributed by atoms with Crippen molar-refractivity contribution in [2.75, 3.05) is 31.4 Å². The van der Waals surface area contributed by atoms with E-state index in [4.69, 9.17) is 9.47 Å². The number of ether oxygens (including phenoxy) is 2. The van der Waals surface area contributed by atoms with E-state index in [1.807, 2.05) is 0 Å². The fourth-order valence-electron chi connectivity index (χ4n) is 2.27. The fraction of sp³-hybridized carbons (Fsp3) is 0.263. The Bertz CT molecular complexity index is 985. The highest BCUT2D eigenvalue weighted by atomic mass is 32.2. The molecule has 0 aliphatic heterocycles. The van der Waals surface area contributed by atoms with E-state index in [1.165, 1.54) is 24.3 Å². The van der Waals surface area contributed by atoms with Gasteiger partial charge in [-0.25, -0.2) is 26.4 Å². The lowest BCUT2D eigenvalue weighted by atomic mass is 10.4. The first-order valence-electron chi connectivity index (χ1n) is 9.07. The molecule has 0 atom stereocenters. The molecule has 0 bridgehead atoms. The van der Waals surface area contributed by atoms with Gasteiger partial charge in [-0.15, -0.1) is 0 Å². The second kappa shape index (κ2) is 11.3. The van der Waals surface area contributed by atoms with Crippen LogP contribution in [0.25, 0.3) is 0 Å². The number of hydrogen-bond acceptors (Lipinski definition) is 8. The molecular weight excluding hydrogens is 448 g/mol. The van der Waals surface area contributed by atoms with Gasteiger partial charge in [0.05, 0.1) is 28.0 Å². The van der Waals surface area contributed by atoms with Gasteiger partial charge >= 0.3 is 12.2 Å². The molecule has 31 heavy (non-hydrogen) atoms. The molecule has 2 aromatic rings. The Hall–Kier alpha value is -3.12. The van der Waals surface area contributed by atoms with E-state index >= 15 is 0 Å². The lowest BCUT2D eigenvalue weighted by Gasteiger charge is -2.10. The predicted molar refractivity (Wildman–Crippen MR) is 111 cm³/mol. The number of alkyl carbamates (subject to hydrolysis) is 2. The van der Waals surface area contributed by atoms with Crippen LogP contribution in [0.1, 0.15) is 0 Å². The van der Waals surface area contributed by atoms with Crippen molar-refractivity contribution in [3.8, 4) is 0 Å². The smallest absolute Gasteiger partial charge is 0.408 e. The van der Waals surface area contributed by atoms with Gasteiger partial charge in [-0.3, -0.25) is 0 Å². The molecule has 0 unspecified atom stereocenters. The van der Waals surface area contributed by atoms with Crippen LogP contribution in [0.15, 0.2) is 70.5 Å². The van der Waals surface area contributed by atoms with Crippen molar-refractivity contribution in [3.63, 3.8) is 0 Å². The third kappa shape index (κ3) is 8.26. The first-order chi connectivity index (χ1) is 14.7. The molecule has 0 aliphatic carbocycles. The summed E-state index contributed by atoms with van der Waals surface area (Å²) in [5.41, 5.74) is 0. The maximum atomic E-state index is 12.1. The molecule has 0 saturated carbocycles. The molecule has 0 spiro atoms. The molecule has 0 aliphatic rings. The van der Waals surface area contributed by atoms with Gasteiger partial charge in [0.1, 0.15) is 13.2 Å². The summed E-state index contributed by atoms with van der Waals surface area (Å²) < 4.78 is 57.7. The van der Waals surface area contributed by atoms with Gasteiger partial charge in [0.25, 0.3) is 0 Å². The molecular formula is C19H22N2O8S2. The lowest BCUT2D eigenvalue weighted by Crippen LogP contribution is -2.38. The van der Waals surface area contributed by atoms with Crippen molar-refractivity contribution >= 4 is 31.9 Å². The van der Waals surface area contributed by atoms with Crippen LogP contribution < -0.4 is 10.6 Å². The summed E-state index contributed by atoms with van der Waals surface area (Å²) in [6, 6.07) is 15.5. The van der Waals surface area contributed by atoms with Gasteiger partial charge in [-0.1, -0.05) is 36.4 Å². The average molecular weight is 471 g/mol. The third-order valence-electron chi connectivity index (χ3n) is 3.84. The lowest BCUT2D eigenvalue weighted by molar-refractivity contribution is 0.144. The van der Waals surface area contributed by atoms with Crippen molar-refractivity contribution in [2.45, 2.75) is 9.79 Å². The number of rotatable bonds is 10. The maximum absolute atomic E-state index is 12.1. The van der Waals surface area contributed by atoms with E-state index in [0.29, 0.717) is 0 Å². The first-order valence-corrected chi connectivity index (χ1v) is 12.4. The second-order valence-corrected chi connectivity index (χ2v) is 10.3. The van der Waals surface area contributed by atoms with Crippen LogP contribution in [-0.2, 0) is 29.1 Å². The largest absolute Gasteiger partial charge is 0.448 e. The third-order valence-corrected chi connectivity index (χ3v) is 7.23. The summed E-state index contributed by atoms with van der Waals surface area (Å²) in [5, 5.41) is 4.37. The van der Waals surface area contributed by atoms with E-state index < -0.39 is 43.4 Å². The minimum absolute atomic E-state index is 0.123. The van der Waals surface area contributed by atoms with E-state index in [-0.39, 0.29) is 29.7 Å². The highest BCUT2D eigenvalue weighted by Crippen LogP contribution is 2.10. The minimum Gasteiger partial charge on any atom is -0.448 e. The standard InChI is InChI=1S/C19H22N2O8S2/c22-18(28-11-13-30(24,25)16-7-3-1-4-8-16)20-15-21-19(23)29-12-14-31(26,27)17-9-5-2-6-10-17/h1-10H,11-15H2,(H,20,22)(H,21,23). The topological polar surface area (TPSA) is 145 Å². The molecule has 2 amide bonds. The molecule has 0 aromatic heterocycles. The number of nitrogens with one attached hydrogen (secondary N) is 2. The average Bonchev–Trinajstić information content (AvgIpc) is 2.75. The van der Waals surface area contributed by atoms with Crippen molar-refractivity contribution in [2.24, 2.45) is 0 Å². The van der Waals surface area contributed by atoms with E-state index in [0.717, 1.165) is 0 Å². The molecule has 12 heteroatoms. The Balaban J connectivity index is 1.61. The summed E-state index contributed by atoms with van der Waals surface area (Å²) in [5.74, 6) is -0.786. The first kappa shape index (κ1) is 24.2. The summed E-state index contributed by atoms with van der Waals surface area (Å²) in [6.07, 6.45) is -1.87. The zero-order valence-electron chi connectivity index (χ0n) is 16.4. The van der Waals surface area contributed by atoms with Crippen LogP contribution in [-0.4, -0.2) is 60.4 Å². The highest BCUT2D eigenvalue weighted by molar-refractivity contribution is 7.91. The van der Waals surface area contributed by atoms with Crippen LogP contribution in [0.2, 0.25) is 0 Å². The molecule has 0 saturated heterocycles. The van der Waals surface area contributed by atoms with E-state index in [2.05, 4.69) is 10.6 Å². The van der Waals surface area contributed by atoms with E-state index in [1.54, 1.807) is 36.4 Å². The summed E-state index contributed by atoms with van der Waals surface area (Å²) in [4.78, 5) is 23.3. The Labute approximate surface area is 180 Å². The fourth-order valence-corrected chi connectivity index (χ4v) is 4.49. The van der Waals surface area contributed by atoms with Gasteiger partial charge in [0.15, 0.2) is 19.7 Å². The minimum atomic E-state index is -3.58.